The van der Waals surface area contributed by atoms with E-state index in [4.69, 9.17) is 28.4 Å². The molecule has 1 saturated carbocycles. The van der Waals surface area contributed by atoms with Crippen LogP contribution in [0.4, 0.5) is 0 Å². The van der Waals surface area contributed by atoms with Gasteiger partial charge < -0.3 is 28.4 Å². The molecule has 15 heteroatoms. The maximum Gasteiger partial charge on any atom is 0.343 e. The van der Waals surface area contributed by atoms with Crippen molar-refractivity contribution in [3.05, 3.63) is 143 Å². The van der Waals surface area contributed by atoms with Gasteiger partial charge in [-0.3, -0.25) is 5.43 Å². The number of allylic oxidation sites excluding steroid dienone is 2. The minimum atomic E-state index is -0.536. The molecule has 362 valence electrons. The lowest BCUT2D eigenvalue weighted by atomic mass is 9.89. The molecule has 13 nitrogen and oxygen atoms in total. The average Bonchev–Trinajstić information content (AvgIpc) is 3.80. The molecule has 4 aromatic carbocycles. The number of carbonyl (C=O) groups is 3. The largest absolute Gasteiger partial charge is 0.494 e. The van der Waals surface area contributed by atoms with E-state index >= 15 is 0 Å². The van der Waals surface area contributed by atoms with E-state index in [1.54, 1.807) is 54.4 Å². The minimum absolute atomic E-state index is 0.305. The molecule has 0 bridgehead atoms. The first-order chi connectivity index (χ1) is 33.7. The number of hydrogen-bond acceptors (Lipinski definition) is 15. The number of nitrogens with zero attached hydrogens (tertiary/aromatic N) is 3. The molecule has 69 heavy (non-hydrogen) atoms. The summed E-state index contributed by atoms with van der Waals surface area (Å²) in [5, 5.41) is 5.47. The van der Waals surface area contributed by atoms with Gasteiger partial charge in [0.2, 0.25) is 0 Å². The van der Waals surface area contributed by atoms with Crippen LogP contribution in [0.25, 0.3) is 16.8 Å². The molecule has 1 aromatic heterocycles. The molecule has 1 N–H and O–H groups in total. The highest BCUT2D eigenvalue weighted by molar-refractivity contribution is 8.03. The van der Waals surface area contributed by atoms with E-state index in [1.807, 2.05) is 42.5 Å². The first-order valence-electron chi connectivity index (χ1n) is 23.4. The van der Waals surface area contributed by atoms with Gasteiger partial charge in [-0.25, -0.2) is 14.4 Å². The van der Waals surface area contributed by atoms with Gasteiger partial charge in [0.05, 0.1) is 55.0 Å². The number of aromatic nitrogens is 2. The predicted molar refractivity (Wildman–Crippen MR) is 273 cm³/mol. The molecule has 1 aliphatic carbocycles. The van der Waals surface area contributed by atoms with E-state index in [9.17, 15) is 14.4 Å². The number of carbonyl (C=O) groups excluding carboxylic acids is 3. The Hall–Kier alpha value is -6.71. The second kappa shape index (κ2) is 27.9. The van der Waals surface area contributed by atoms with Crippen molar-refractivity contribution in [1.82, 2.24) is 14.2 Å². The molecular formula is C54H60N4O9S2. The van der Waals surface area contributed by atoms with E-state index in [0.717, 1.165) is 127 Å². The van der Waals surface area contributed by atoms with Gasteiger partial charge in [0.1, 0.15) is 39.8 Å². The van der Waals surface area contributed by atoms with Crippen molar-refractivity contribution in [2.45, 2.75) is 95.8 Å². The third-order valence-corrected chi connectivity index (χ3v) is 12.6. The van der Waals surface area contributed by atoms with Crippen molar-refractivity contribution in [3.8, 4) is 23.0 Å². The van der Waals surface area contributed by atoms with Gasteiger partial charge in [0, 0.05) is 28.2 Å². The summed E-state index contributed by atoms with van der Waals surface area (Å²) in [7, 11) is 0. The molecule has 5 aromatic rings. The molecule has 6 rings (SSSR count). The summed E-state index contributed by atoms with van der Waals surface area (Å²) < 4.78 is 43.5. The minimum Gasteiger partial charge on any atom is -0.494 e. The molecule has 1 heterocycles. The van der Waals surface area contributed by atoms with Crippen LogP contribution in [0, 0.1) is 6.92 Å². The van der Waals surface area contributed by atoms with E-state index in [-0.39, 0.29) is 0 Å². The molecule has 0 unspecified atom stereocenters. The molecule has 0 saturated heterocycles. The van der Waals surface area contributed by atoms with Gasteiger partial charge in [0.25, 0.3) is 0 Å². The first kappa shape index (κ1) is 51.7. The standard InChI is InChI=1S/C54H60N4O9S2/c1-5-17-50(68-49-36-47-46(34-38(49)4)57-69-58-47)56-55-37-42-35-45(28-29-48(42)67-54(61)41-22-26-44(27-23-41)63-31-13-9-11-15-33-65-52(60)7-3)66-53(39-18-16-19-39)40-20-24-43(25-21-40)62-30-12-8-10-14-32-64-51(59)6-2/h6-7,17,20-29,34-37,56H,2-3,5,8-16,18-19,30-33H2,1,4H3/b50-17+,55-37+. The summed E-state index contributed by atoms with van der Waals surface area (Å²) in [5.74, 6) is 1.73. The van der Waals surface area contributed by atoms with Crippen LogP contribution < -0.4 is 24.4 Å². The van der Waals surface area contributed by atoms with Crippen LogP contribution in [0.3, 0.4) is 0 Å². The summed E-state index contributed by atoms with van der Waals surface area (Å²) in [4.78, 5) is 37.1. The van der Waals surface area contributed by atoms with Gasteiger partial charge in [-0.05, 0) is 174 Å². The predicted octanol–water partition coefficient (Wildman–Crippen LogP) is 12.5. The highest BCUT2D eigenvalue weighted by Crippen LogP contribution is 2.37. The Morgan fingerprint density at radius 3 is 1.84 bits per heavy atom. The molecular weight excluding hydrogens is 913 g/mol. The van der Waals surface area contributed by atoms with Crippen LogP contribution in [-0.4, -0.2) is 59.3 Å². The lowest BCUT2D eigenvalue weighted by Crippen LogP contribution is -2.11. The summed E-state index contributed by atoms with van der Waals surface area (Å²) in [5.41, 5.74) is 9.05. The first-order valence-corrected chi connectivity index (χ1v) is 25.0. The van der Waals surface area contributed by atoms with Crippen molar-refractivity contribution in [1.29, 1.82) is 0 Å². The Balaban J connectivity index is 1.12. The molecule has 1 fully saturated rings. The Kier molecular flexibility index (Phi) is 20.9. The second-order valence-corrected chi connectivity index (χ2v) is 17.7. The fourth-order valence-electron chi connectivity index (χ4n) is 6.93. The third kappa shape index (κ3) is 16.8. The van der Waals surface area contributed by atoms with Crippen LogP contribution in [0.2, 0.25) is 0 Å². The van der Waals surface area contributed by atoms with Crippen LogP contribution >= 0.6 is 23.5 Å². The number of esters is 3. The quantitative estimate of drug-likeness (QED) is 0.00706. The lowest BCUT2D eigenvalue weighted by Gasteiger charge is -2.23. The lowest BCUT2D eigenvalue weighted by molar-refractivity contribution is -0.138. The van der Waals surface area contributed by atoms with Crippen LogP contribution in [-0.2, 0) is 19.1 Å². The number of fused-ring (bicyclic) bond motifs is 1. The van der Waals surface area contributed by atoms with Gasteiger partial charge in [0.15, 0.2) is 0 Å². The van der Waals surface area contributed by atoms with Crippen molar-refractivity contribution < 1.29 is 42.8 Å². The maximum atomic E-state index is 13.6. The van der Waals surface area contributed by atoms with E-state index in [2.05, 4.69) is 52.4 Å². The Morgan fingerprint density at radius 1 is 0.710 bits per heavy atom. The fraction of sp³-hybridized carbons (Fsp3) is 0.333. The van der Waals surface area contributed by atoms with Crippen LogP contribution in [0.5, 0.6) is 23.0 Å². The van der Waals surface area contributed by atoms with Gasteiger partial charge >= 0.3 is 17.9 Å². The van der Waals surface area contributed by atoms with Crippen molar-refractivity contribution >= 4 is 64.4 Å². The average molecular weight is 973 g/mol. The summed E-state index contributed by atoms with van der Waals surface area (Å²) in [6.07, 6.45) is 16.8. The van der Waals surface area contributed by atoms with E-state index in [1.165, 1.54) is 23.4 Å². The zero-order chi connectivity index (χ0) is 48.6. The molecule has 0 radical (unpaired) electrons. The SMILES string of the molecule is C=CC(=O)OCCCCCCOc1ccc(C(=O)Oc2ccc(OC(=C3CCC3)c3ccc(OCCCCCCOC(=O)C=C)cc3)cc2/C=N/N/C(=C\CC)Sc2cc3nsnc3cc2C)cc1. The molecule has 1 aliphatic rings. The van der Waals surface area contributed by atoms with Gasteiger partial charge in [-0.15, -0.1) is 0 Å². The zero-order valence-corrected chi connectivity index (χ0v) is 41.0. The van der Waals surface area contributed by atoms with E-state index < -0.39 is 17.9 Å². The summed E-state index contributed by atoms with van der Waals surface area (Å²) in [6, 6.07) is 24.2. The number of ether oxygens (including phenoxy) is 6. The zero-order valence-electron chi connectivity index (χ0n) is 39.4. The van der Waals surface area contributed by atoms with Crippen molar-refractivity contribution in [2.24, 2.45) is 5.10 Å². The number of unbranched alkanes of at least 4 members (excludes halogenated alkanes) is 6. The molecule has 0 aliphatic heterocycles. The number of thioether (sulfide) groups is 1. The number of nitrogens with one attached hydrogen (secondary N) is 1. The Labute approximate surface area is 413 Å². The maximum absolute atomic E-state index is 13.6. The monoisotopic (exact) mass is 972 g/mol. The Bertz CT molecular complexity index is 2600. The highest BCUT2D eigenvalue weighted by Gasteiger charge is 2.20. The van der Waals surface area contributed by atoms with Crippen LogP contribution in [0.1, 0.15) is 111 Å². The molecule has 0 spiro atoms. The molecule has 0 amide bonds. The van der Waals surface area contributed by atoms with Gasteiger partial charge in [-0.2, -0.15) is 13.8 Å². The number of hydrogen-bond donors (Lipinski definition) is 1. The number of rotatable bonds is 29. The molecule has 0 atom stereocenters. The second-order valence-electron chi connectivity index (χ2n) is 16.1. The Morgan fingerprint density at radius 2 is 1.28 bits per heavy atom. The normalized spacial score (nSPS) is 12.3. The van der Waals surface area contributed by atoms with Gasteiger partial charge in [-0.1, -0.05) is 37.9 Å². The van der Waals surface area contributed by atoms with Crippen molar-refractivity contribution in [3.63, 3.8) is 0 Å². The smallest absolute Gasteiger partial charge is 0.343 e. The fourth-order valence-corrected chi connectivity index (χ4v) is 8.42. The summed E-state index contributed by atoms with van der Waals surface area (Å²) in [6.45, 7) is 12.8. The highest BCUT2D eigenvalue weighted by atomic mass is 32.2. The van der Waals surface area contributed by atoms with Crippen LogP contribution in [0.15, 0.2) is 131 Å². The number of aryl methyl sites for hydroxylation is 1. The van der Waals surface area contributed by atoms with E-state index in [0.29, 0.717) is 54.8 Å². The third-order valence-electron chi connectivity index (χ3n) is 10.9. The number of benzene rings is 4. The topological polar surface area (TPSA) is 157 Å². The number of hydrazone groups is 1. The summed E-state index contributed by atoms with van der Waals surface area (Å²) >= 11 is 2.75. The van der Waals surface area contributed by atoms with Crippen molar-refractivity contribution in [2.75, 3.05) is 26.4 Å².